The summed E-state index contributed by atoms with van der Waals surface area (Å²) in [6.07, 6.45) is 2.64. The van der Waals surface area contributed by atoms with Gasteiger partial charge in [-0.1, -0.05) is 5.16 Å². The van der Waals surface area contributed by atoms with Crippen molar-refractivity contribution in [2.45, 2.75) is 56.9 Å². The van der Waals surface area contributed by atoms with Gasteiger partial charge in [0.05, 0.1) is 5.54 Å². The smallest absolute Gasteiger partial charge is 0.243 e. The first-order valence-corrected chi connectivity index (χ1v) is 7.89. The minimum Gasteiger partial charge on any atom is -0.338 e. The van der Waals surface area contributed by atoms with E-state index in [-0.39, 0.29) is 11.6 Å². The Morgan fingerprint density at radius 1 is 1.42 bits per heavy atom. The molecule has 0 spiro atoms. The molecule has 108 valence electrons. The number of sulfonamides is 1. The van der Waals surface area contributed by atoms with Crippen LogP contribution in [0.4, 0.5) is 0 Å². The molecule has 1 aromatic rings. The molecule has 1 saturated carbocycles. The molecule has 1 heterocycles. The number of nitrogens with zero attached hydrogens (tertiary/aromatic N) is 2. The van der Waals surface area contributed by atoms with E-state index in [4.69, 9.17) is 10.3 Å². The number of rotatable bonds is 4. The Morgan fingerprint density at radius 2 is 2.05 bits per heavy atom. The van der Waals surface area contributed by atoms with E-state index in [0.717, 1.165) is 19.3 Å². The van der Waals surface area contributed by atoms with Crippen LogP contribution in [-0.2, 0) is 21.3 Å². The van der Waals surface area contributed by atoms with E-state index in [1.165, 1.54) is 0 Å². The summed E-state index contributed by atoms with van der Waals surface area (Å²) < 4.78 is 31.3. The number of hydrogen-bond acceptors (Lipinski definition) is 6. The first-order chi connectivity index (χ1) is 8.60. The third kappa shape index (κ3) is 3.52. The van der Waals surface area contributed by atoms with E-state index in [1.807, 2.05) is 0 Å². The van der Waals surface area contributed by atoms with Gasteiger partial charge in [0.15, 0.2) is 5.82 Å². The number of aromatic nitrogens is 2. The van der Waals surface area contributed by atoms with Crippen molar-refractivity contribution in [1.29, 1.82) is 0 Å². The van der Waals surface area contributed by atoms with Gasteiger partial charge in [-0.05, 0) is 40.0 Å². The molecule has 8 heteroatoms. The lowest BCUT2D eigenvalue weighted by molar-refractivity contribution is 0.229. The lowest BCUT2D eigenvalue weighted by Crippen LogP contribution is -2.44. The zero-order valence-corrected chi connectivity index (χ0v) is 12.2. The molecule has 0 saturated heterocycles. The highest BCUT2D eigenvalue weighted by atomic mass is 32.2. The zero-order chi connectivity index (χ0) is 14.3. The van der Waals surface area contributed by atoms with Gasteiger partial charge >= 0.3 is 0 Å². The molecule has 3 N–H and O–H groups in total. The molecule has 0 amide bonds. The summed E-state index contributed by atoms with van der Waals surface area (Å²) in [5, 5.41) is 3.79. The van der Waals surface area contributed by atoms with Gasteiger partial charge in [0.1, 0.15) is 5.75 Å². The average Bonchev–Trinajstić information content (AvgIpc) is 2.57. The number of nitrogens with two attached hydrogens (primary N) is 1. The Labute approximate surface area is 113 Å². The van der Waals surface area contributed by atoms with Gasteiger partial charge in [-0.15, -0.1) is 0 Å². The molecule has 0 bridgehead atoms. The van der Waals surface area contributed by atoms with Crippen LogP contribution in [0.15, 0.2) is 4.52 Å². The van der Waals surface area contributed by atoms with Crippen molar-refractivity contribution >= 4 is 10.0 Å². The van der Waals surface area contributed by atoms with Crippen molar-refractivity contribution in [3.05, 3.63) is 11.7 Å². The lowest BCUT2D eigenvalue weighted by atomic mass is 9.77. The fraction of sp³-hybridized carbons (Fsp3) is 0.818. The lowest BCUT2D eigenvalue weighted by Gasteiger charge is -2.34. The Kier molecular flexibility index (Phi) is 3.44. The summed E-state index contributed by atoms with van der Waals surface area (Å²) in [5.41, 5.74) is 4.98. The van der Waals surface area contributed by atoms with E-state index < -0.39 is 21.1 Å². The van der Waals surface area contributed by atoms with E-state index in [9.17, 15) is 8.42 Å². The molecule has 1 aliphatic carbocycles. The highest BCUT2D eigenvalue weighted by Gasteiger charge is 2.39. The van der Waals surface area contributed by atoms with Crippen LogP contribution in [0.1, 0.15) is 51.7 Å². The predicted octanol–water partition coefficient (Wildman–Crippen LogP) is 0.625. The van der Waals surface area contributed by atoms with Crippen molar-refractivity contribution in [1.82, 2.24) is 14.9 Å². The maximum absolute atomic E-state index is 11.9. The quantitative estimate of drug-likeness (QED) is 0.840. The normalized spacial score (nSPS) is 19.2. The van der Waals surface area contributed by atoms with Crippen molar-refractivity contribution in [3.8, 4) is 0 Å². The van der Waals surface area contributed by atoms with Gasteiger partial charge in [-0.2, -0.15) is 4.98 Å². The van der Waals surface area contributed by atoms with E-state index in [2.05, 4.69) is 14.9 Å². The van der Waals surface area contributed by atoms with Gasteiger partial charge in [0, 0.05) is 5.54 Å². The summed E-state index contributed by atoms with van der Waals surface area (Å²) in [4.78, 5) is 4.10. The van der Waals surface area contributed by atoms with Crippen LogP contribution in [0.3, 0.4) is 0 Å². The Hall–Kier alpha value is -0.990. The topological polar surface area (TPSA) is 111 Å². The van der Waals surface area contributed by atoms with Crippen molar-refractivity contribution < 1.29 is 12.9 Å². The number of nitrogens with one attached hydrogen (secondary N) is 1. The first-order valence-electron chi connectivity index (χ1n) is 6.23. The van der Waals surface area contributed by atoms with Crippen molar-refractivity contribution in [2.24, 2.45) is 5.73 Å². The molecule has 0 radical (unpaired) electrons. The van der Waals surface area contributed by atoms with Gasteiger partial charge in [0.25, 0.3) is 0 Å². The first kappa shape index (κ1) is 14.4. The summed E-state index contributed by atoms with van der Waals surface area (Å²) >= 11 is 0. The molecule has 0 aromatic carbocycles. The molecular weight excluding hydrogens is 268 g/mol. The SMILES string of the molecule is CC(C)(C)NS(=O)(=O)Cc1nc(C2(N)CCC2)no1. The van der Waals surface area contributed by atoms with E-state index in [0.29, 0.717) is 5.82 Å². The van der Waals surface area contributed by atoms with Crippen LogP contribution in [0.2, 0.25) is 0 Å². The average molecular weight is 288 g/mol. The zero-order valence-electron chi connectivity index (χ0n) is 11.4. The molecule has 0 atom stereocenters. The van der Waals surface area contributed by atoms with Crippen molar-refractivity contribution in [2.75, 3.05) is 0 Å². The highest BCUT2D eigenvalue weighted by molar-refractivity contribution is 7.88. The van der Waals surface area contributed by atoms with E-state index in [1.54, 1.807) is 20.8 Å². The fourth-order valence-electron chi connectivity index (χ4n) is 1.96. The number of hydrogen-bond donors (Lipinski definition) is 2. The van der Waals surface area contributed by atoms with Crippen LogP contribution < -0.4 is 10.5 Å². The molecule has 7 nitrogen and oxygen atoms in total. The van der Waals surface area contributed by atoms with Crippen LogP contribution in [0, 0.1) is 0 Å². The van der Waals surface area contributed by atoms with Gasteiger partial charge in [-0.3, -0.25) is 0 Å². The molecule has 2 rings (SSSR count). The molecule has 1 aliphatic rings. The van der Waals surface area contributed by atoms with Crippen LogP contribution in [0.25, 0.3) is 0 Å². The Bertz CT molecular complexity index is 555. The minimum absolute atomic E-state index is 0.0727. The van der Waals surface area contributed by atoms with Gasteiger partial charge in [0.2, 0.25) is 15.9 Å². The molecular formula is C11H20N4O3S. The minimum atomic E-state index is -3.50. The maximum atomic E-state index is 11.9. The summed E-state index contributed by atoms with van der Waals surface area (Å²) in [6, 6.07) is 0. The molecule has 19 heavy (non-hydrogen) atoms. The largest absolute Gasteiger partial charge is 0.338 e. The third-order valence-electron chi connectivity index (χ3n) is 2.93. The monoisotopic (exact) mass is 288 g/mol. The summed E-state index contributed by atoms with van der Waals surface area (Å²) in [5.74, 6) is 0.149. The molecule has 0 unspecified atom stereocenters. The highest BCUT2D eigenvalue weighted by Crippen LogP contribution is 2.36. The second kappa shape index (κ2) is 4.53. The molecule has 0 aliphatic heterocycles. The molecule has 1 fully saturated rings. The van der Waals surface area contributed by atoms with Gasteiger partial charge in [-0.25, -0.2) is 13.1 Å². The van der Waals surface area contributed by atoms with Gasteiger partial charge < -0.3 is 10.3 Å². The fourth-order valence-corrected chi connectivity index (χ4v) is 3.41. The maximum Gasteiger partial charge on any atom is 0.243 e. The second-order valence-electron chi connectivity index (χ2n) is 6.13. The molecule has 1 aromatic heterocycles. The second-order valence-corrected chi connectivity index (χ2v) is 7.85. The van der Waals surface area contributed by atoms with Crippen LogP contribution in [0.5, 0.6) is 0 Å². The van der Waals surface area contributed by atoms with E-state index >= 15 is 0 Å². The third-order valence-corrected chi connectivity index (χ3v) is 4.48. The summed E-state index contributed by atoms with van der Waals surface area (Å²) in [7, 11) is -3.50. The standard InChI is InChI=1S/C11H20N4O3S/c1-10(2,3)15-19(16,17)7-8-13-9(14-18-8)11(12)5-4-6-11/h15H,4-7,12H2,1-3H3. The van der Waals surface area contributed by atoms with Crippen LogP contribution in [-0.4, -0.2) is 24.1 Å². The Morgan fingerprint density at radius 3 is 2.53 bits per heavy atom. The van der Waals surface area contributed by atoms with Crippen LogP contribution >= 0.6 is 0 Å². The predicted molar refractivity (Wildman–Crippen MR) is 69.5 cm³/mol. The Balaban J connectivity index is 2.08. The van der Waals surface area contributed by atoms with Crippen molar-refractivity contribution in [3.63, 3.8) is 0 Å². The summed E-state index contributed by atoms with van der Waals surface area (Å²) in [6.45, 7) is 5.31.